The van der Waals surface area contributed by atoms with E-state index in [2.05, 4.69) is 10.2 Å². The van der Waals surface area contributed by atoms with Crippen molar-refractivity contribution >= 4 is 33.5 Å². The van der Waals surface area contributed by atoms with Crippen LogP contribution < -0.4 is 11.5 Å². The van der Waals surface area contributed by atoms with E-state index in [0.29, 0.717) is 22.3 Å². The van der Waals surface area contributed by atoms with Crippen LogP contribution in [-0.2, 0) is 11.2 Å². The number of fused-ring (bicyclic) bond motifs is 3. The molecule has 0 amide bonds. The first kappa shape index (κ1) is 17.6. The van der Waals surface area contributed by atoms with Crippen molar-refractivity contribution in [3.8, 4) is 0 Å². The van der Waals surface area contributed by atoms with Gasteiger partial charge in [-0.3, -0.25) is 0 Å². The van der Waals surface area contributed by atoms with Gasteiger partial charge in [0.2, 0.25) is 5.16 Å². The molecule has 4 rings (SSSR count). The fourth-order valence-corrected chi connectivity index (χ4v) is 4.00. The van der Waals surface area contributed by atoms with Crippen LogP contribution in [0, 0.1) is 0 Å². The SMILES string of the molecule is CC(C)(C)c1nnc(SCc2cc(=O)oc3ccc4ccccc4c23)n1N. The Labute approximate surface area is 160 Å². The number of benzene rings is 2. The van der Waals surface area contributed by atoms with Gasteiger partial charge in [0, 0.05) is 22.6 Å². The highest BCUT2D eigenvalue weighted by molar-refractivity contribution is 7.98. The van der Waals surface area contributed by atoms with E-state index >= 15 is 0 Å². The van der Waals surface area contributed by atoms with E-state index in [-0.39, 0.29) is 11.0 Å². The number of nitrogens with zero attached hydrogens (tertiary/aromatic N) is 3. The van der Waals surface area contributed by atoms with Gasteiger partial charge in [0.15, 0.2) is 5.82 Å². The number of hydrogen-bond donors (Lipinski definition) is 1. The zero-order chi connectivity index (χ0) is 19.2. The molecule has 138 valence electrons. The molecule has 0 aliphatic heterocycles. The summed E-state index contributed by atoms with van der Waals surface area (Å²) in [6.45, 7) is 6.12. The summed E-state index contributed by atoms with van der Waals surface area (Å²) in [5, 5.41) is 12.1. The van der Waals surface area contributed by atoms with Crippen LogP contribution in [0.2, 0.25) is 0 Å². The normalized spacial score (nSPS) is 12.1. The highest BCUT2D eigenvalue weighted by Gasteiger charge is 2.23. The number of nitrogens with two attached hydrogens (primary N) is 1. The molecule has 2 aromatic carbocycles. The topological polar surface area (TPSA) is 86.9 Å². The second-order valence-electron chi connectivity index (χ2n) is 7.47. The molecule has 0 saturated carbocycles. The first-order valence-electron chi connectivity index (χ1n) is 8.63. The van der Waals surface area contributed by atoms with Crippen molar-refractivity contribution in [2.24, 2.45) is 0 Å². The van der Waals surface area contributed by atoms with Gasteiger partial charge in [0.1, 0.15) is 5.58 Å². The second kappa shape index (κ2) is 6.42. The molecule has 0 aliphatic carbocycles. The second-order valence-corrected chi connectivity index (χ2v) is 8.41. The Morgan fingerprint density at radius 3 is 2.67 bits per heavy atom. The zero-order valence-corrected chi connectivity index (χ0v) is 16.2. The fourth-order valence-electron chi connectivity index (χ4n) is 3.16. The summed E-state index contributed by atoms with van der Waals surface area (Å²) in [5.74, 6) is 7.43. The first-order chi connectivity index (χ1) is 12.8. The summed E-state index contributed by atoms with van der Waals surface area (Å²) in [5.41, 5.74) is 0.916. The van der Waals surface area contributed by atoms with Crippen LogP contribution in [0.15, 0.2) is 56.8 Å². The fraction of sp³-hybridized carbons (Fsp3) is 0.250. The first-order valence-corrected chi connectivity index (χ1v) is 9.61. The van der Waals surface area contributed by atoms with E-state index in [1.165, 1.54) is 16.4 Å². The number of hydrogen-bond acceptors (Lipinski definition) is 6. The van der Waals surface area contributed by atoms with Gasteiger partial charge in [-0.25, -0.2) is 9.47 Å². The van der Waals surface area contributed by atoms with Crippen molar-refractivity contribution in [2.45, 2.75) is 37.1 Å². The molecule has 0 radical (unpaired) electrons. The van der Waals surface area contributed by atoms with Crippen LogP contribution in [0.25, 0.3) is 21.7 Å². The summed E-state index contributed by atoms with van der Waals surface area (Å²) >= 11 is 1.45. The van der Waals surface area contributed by atoms with Gasteiger partial charge in [-0.05, 0) is 22.4 Å². The third kappa shape index (κ3) is 3.19. The van der Waals surface area contributed by atoms with Crippen LogP contribution >= 0.6 is 11.8 Å². The van der Waals surface area contributed by atoms with Gasteiger partial charge in [-0.2, -0.15) is 0 Å². The molecule has 2 N–H and O–H groups in total. The summed E-state index contributed by atoms with van der Waals surface area (Å²) in [7, 11) is 0. The minimum atomic E-state index is -0.363. The van der Waals surface area contributed by atoms with Gasteiger partial charge in [0.05, 0.1) is 0 Å². The predicted octanol–water partition coefficient (Wildman–Crippen LogP) is 3.84. The van der Waals surface area contributed by atoms with Gasteiger partial charge in [-0.15, -0.1) is 10.2 Å². The average molecular weight is 380 g/mol. The Kier molecular flexibility index (Phi) is 4.19. The zero-order valence-electron chi connectivity index (χ0n) is 15.4. The monoisotopic (exact) mass is 380 g/mol. The Bertz CT molecular complexity index is 1200. The van der Waals surface area contributed by atoms with Crippen molar-refractivity contribution in [3.05, 3.63) is 64.3 Å². The quantitative estimate of drug-likeness (QED) is 0.251. The van der Waals surface area contributed by atoms with E-state index in [1.54, 1.807) is 6.07 Å². The Morgan fingerprint density at radius 2 is 1.93 bits per heavy atom. The molecule has 0 atom stereocenters. The maximum absolute atomic E-state index is 12.0. The highest BCUT2D eigenvalue weighted by Crippen LogP contribution is 2.31. The summed E-state index contributed by atoms with van der Waals surface area (Å²) in [6.07, 6.45) is 0. The summed E-state index contributed by atoms with van der Waals surface area (Å²) in [6, 6.07) is 13.4. The van der Waals surface area contributed by atoms with Gasteiger partial charge >= 0.3 is 5.63 Å². The largest absolute Gasteiger partial charge is 0.423 e. The molecule has 0 unspecified atom stereocenters. The van der Waals surface area contributed by atoms with Crippen molar-refractivity contribution in [1.82, 2.24) is 14.9 Å². The van der Waals surface area contributed by atoms with E-state index in [0.717, 1.165) is 21.7 Å². The van der Waals surface area contributed by atoms with Crippen molar-refractivity contribution in [2.75, 3.05) is 5.84 Å². The van der Waals surface area contributed by atoms with Gasteiger partial charge in [0.25, 0.3) is 0 Å². The minimum Gasteiger partial charge on any atom is -0.423 e. The molecule has 0 spiro atoms. The van der Waals surface area contributed by atoms with E-state index < -0.39 is 0 Å². The standard InChI is InChI=1S/C20H20N4O2S/c1-20(2,3)18-22-23-19(24(18)21)27-11-13-10-16(25)26-15-9-8-12-6-4-5-7-14(12)17(13)15/h4-10H,11,21H2,1-3H3. The van der Waals surface area contributed by atoms with Crippen LogP contribution in [0.4, 0.5) is 0 Å². The molecule has 2 heterocycles. The maximum atomic E-state index is 12.0. The lowest BCUT2D eigenvalue weighted by atomic mass is 9.96. The van der Waals surface area contributed by atoms with Gasteiger partial charge < -0.3 is 10.3 Å². The lowest BCUT2D eigenvalue weighted by Crippen LogP contribution is -2.24. The van der Waals surface area contributed by atoms with Crippen LogP contribution in [0.1, 0.15) is 32.2 Å². The Hall–Kier alpha value is -2.80. The molecule has 0 aliphatic rings. The third-order valence-corrected chi connectivity index (χ3v) is 5.40. The molecule has 0 saturated heterocycles. The van der Waals surface area contributed by atoms with Crippen molar-refractivity contribution < 1.29 is 4.42 Å². The molecule has 0 bridgehead atoms. The number of rotatable bonds is 3. The molecule has 7 heteroatoms. The van der Waals surface area contributed by atoms with Crippen molar-refractivity contribution in [1.29, 1.82) is 0 Å². The maximum Gasteiger partial charge on any atom is 0.336 e. The molecular weight excluding hydrogens is 360 g/mol. The summed E-state index contributed by atoms with van der Waals surface area (Å²) in [4.78, 5) is 12.0. The molecule has 27 heavy (non-hydrogen) atoms. The smallest absolute Gasteiger partial charge is 0.336 e. The molecule has 2 aromatic heterocycles. The minimum absolute atomic E-state index is 0.197. The number of thioether (sulfide) groups is 1. The average Bonchev–Trinajstić information content (AvgIpc) is 3.00. The number of aromatic nitrogens is 3. The number of nitrogen functional groups attached to an aromatic ring is 1. The van der Waals surface area contributed by atoms with E-state index in [9.17, 15) is 4.79 Å². The lowest BCUT2D eigenvalue weighted by molar-refractivity contribution is 0.523. The molecule has 4 aromatic rings. The predicted molar refractivity (Wildman–Crippen MR) is 108 cm³/mol. The highest BCUT2D eigenvalue weighted by atomic mass is 32.2. The van der Waals surface area contributed by atoms with Crippen LogP contribution in [0.5, 0.6) is 0 Å². The third-order valence-electron chi connectivity index (χ3n) is 4.41. The summed E-state index contributed by atoms with van der Waals surface area (Å²) < 4.78 is 6.94. The van der Waals surface area contributed by atoms with Gasteiger partial charge in [-0.1, -0.05) is 62.9 Å². The van der Waals surface area contributed by atoms with Crippen molar-refractivity contribution in [3.63, 3.8) is 0 Å². The van der Waals surface area contributed by atoms with E-state index in [1.807, 2.05) is 57.2 Å². The molecule has 6 nitrogen and oxygen atoms in total. The lowest BCUT2D eigenvalue weighted by Gasteiger charge is -2.16. The molecule has 0 fully saturated rings. The Morgan fingerprint density at radius 1 is 1.15 bits per heavy atom. The molecular formula is C20H20N4O2S. The van der Waals surface area contributed by atoms with Crippen LogP contribution in [0.3, 0.4) is 0 Å². The Balaban J connectivity index is 1.77. The van der Waals surface area contributed by atoms with Crippen LogP contribution in [-0.4, -0.2) is 14.9 Å². The van der Waals surface area contributed by atoms with E-state index in [4.69, 9.17) is 10.3 Å².